The van der Waals surface area contributed by atoms with E-state index >= 15 is 0 Å². The van der Waals surface area contributed by atoms with Crippen LogP contribution in [0.4, 0.5) is 4.79 Å². The second-order valence-corrected chi connectivity index (χ2v) is 7.39. The van der Waals surface area contributed by atoms with Crippen LogP contribution in [0.2, 0.25) is 5.02 Å². The van der Waals surface area contributed by atoms with E-state index in [1.54, 1.807) is 54.6 Å². The van der Waals surface area contributed by atoms with E-state index < -0.39 is 5.91 Å². The third kappa shape index (κ3) is 5.75. The van der Waals surface area contributed by atoms with Crippen molar-refractivity contribution in [3.63, 3.8) is 0 Å². The van der Waals surface area contributed by atoms with Crippen molar-refractivity contribution in [1.29, 1.82) is 0 Å². The minimum Gasteiger partial charge on any atom is -0.492 e. The summed E-state index contributed by atoms with van der Waals surface area (Å²) in [6.07, 6.45) is 1.60. The van der Waals surface area contributed by atoms with E-state index in [1.165, 1.54) is 0 Å². The SMILES string of the molecule is NC(=O)COc1cccc(/C=C2\SC(=O)N(CCOc3ccc(Cl)cc3)C2=O)c1. The Labute approximate surface area is 176 Å². The molecule has 0 bridgehead atoms. The van der Waals surface area contributed by atoms with Crippen molar-refractivity contribution in [3.05, 3.63) is 64.0 Å². The van der Waals surface area contributed by atoms with E-state index in [0.29, 0.717) is 27.0 Å². The molecule has 2 N–H and O–H groups in total. The van der Waals surface area contributed by atoms with Gasteiger partial charge >= 0.3 is 0 Å². The minimum absolute atomic E-state index is 0.131. The minimum atomic E-state index is -0.586. The van der Waals surface area contributed by atoms with E-state index in [4.69, 9.17) is 26.8 Å². The molecule has 2 aromatic carbocycles. The average Bonchev–Trinajstić information content (AvgIpc) is 2.95. The molecule has 0 aliphatic carbocycles. The van der Waals surface area contributed by atoms with Crippen molar-refractivity contribution in [2.75, 3.05) is 19.8 Å². The number of carbonyl (C=O) groups is 3. The van der Waals surface area contributed by atoms with Crippen molar-refractivity contribution in [3.8, 4) is 11.5 Å². The van der Waals surface area contributed by atoms with Crippen molar-refractivity contribution in [1.82, 2.24) is 4.90 Å². The topological polar surface area (TPSA) is 98.9 Å². The molecule has 3 rings (SSSR count). The Hall–Kier alpha value is -2.97. The third-order valence-electron chi connectivity index (χ3n) is 3.81. The van der Waals surface area contributed by atoms with Crippen LogP contribution in [0.1, 0.15) is 5.56 Å². The van der Waals surface area contributed by atoms with Gasteiger partial charge in [-0.1, -0.05) is 23.7 Å². The quantitative estimate of drug-likeness (QED) is 0.642. The fraction of sp³-hybridized carbons (Fsp3) is 0.150. The molecule has 0 unspecified atom stereocenters. The normalized spacial score (nSPS) is 15.1. The number of benzene rings is 2. The van der Waals surface area contributed by atoms with Gasteiger partial charge in [-0.3, -0.25) is 19.3 Å². The third-order valence-corrected chi connectivity index (χ3v) is 4.97. The van der Waals surface area contributed by atoms with Crippen LogP contribution in [-0.4, -0.2) is 41.7 Å². The second-order valence-electron chi connectivity index (χ2n) is 5.96. The maximum absolute atomic E-state index is 12.6. The van der Waals surface area contributed by atoms with Crippen LogP contribution >= 0.6 is 23.4 Å². The average molecular weight is 433 g/mol. The monoisotopic (exact) mass is 432 g/mol. The van der Waals surface area contributed by atoms with Gasteiger partial charge in [0.15, 0.2) is 6.61 Å². The van der Waals surface area contributed by atoms with Crippen molar-refractivity contribution >= 4 is 46.5 Å². The van der Waals surface area contributed by atoms with Crippen LogP contribution in [-0.2, 0) is 9.59 Å². The summed E-state index contributed by atoms with van der Waals surface area (Å²) in [7, 11) is 0. The zero-order chi connectivity index (χ0) is 20.8. The first-order valence-corrected chi connectivity index (χ1v) is 9.77. The Morgan fingerprint density at radius 1 is 1.10 bits per heavy atom. The van der Waals surface area contributed by atoms with Crippen LogP contribution in [0, 0.1) is 0 Å². The molecule has 0 spiro atoms. The molecule has 150 valence electrons. The van der Waals surface area contributed by atoms with E-state index in [-0.39, 0.29) is 30.9 Å². The van der Waals surface area contributed by atoms with Crippen molar-refractivity contribution in [2.45, 2.75) is 0 Å². The first-order valence-electron chi connectivity index (χ1n) is 8.57. The predicted molar refractivity (Wildman–Crippen MR) is 111 cm³/mol. The van der Waals surface area contributed by atoms with Crippen LogP contribution in [0.15, 0.2) is 53.4 Å². The van der Waals surface area contributed by atoms with Crippen molar-refractivity contribution < 1.29 is 23.9 Å². The smallest absolute Gasteiger partial charge is 0.293 e. The summed E-state index contributed by atoms with van der Waals surface area (Å²) in [5, 5.41) is 0.236. The van der Waals surface area contributed by atoms with Gasteiger partial charge in [-0.15, -0.1) is 0 Å². The highest BCUT2D eigenvalue weighted by Crippen LogP contribution is 2.32. The molecule has 2 aromatic rings. The Bertz CT molecular complexity index is 962. The summed E-state index contributed by atoms with van der Waals surface area (Å²) >= 11 is 6.68. The van der Waals surface area contributed by atoms with Crippen LogP contribution in [0.3, 0.4) is 0 Å². The summed E-state index contributed by atoms with van der Waals surface area (Å²) in [5.74, 6) is 0.0679. The molecule has 3 amide bonds. The highest BCUT2D eigenvalue weighted by molar-refractivity contribution is 8.18. The maximum Gasteiger partial charge on any atom is 0.293 e. The van der Waals surface area contributed by atoms with E-state index in [1.807, 2.05) is 0 Å². The molecule has 7 nitrogen and oxygen atoms in total. The Kier molecular flexibility index (Phi) is 6.79. The van der Waals surface area contributed by atoms with Gasteiger partial charge < -0.3 is 15.2 Å². The first-order chi connectivity index (χ1) is 13.9. The zero-order valence-electron chi connectivity index (χ0n) is 15.2. The molecule has 1 heterocycles. The molecule has 1 aliphatic rings. The van der Waals surface area contributed by atoms with Crippen molar-refractivity contribution in [2.24, 2.45) is 5.73 Å². The van der Waals surface area contributed by atoms with E-state index in [9.17, 15) is 14.4 Å². The summed E-state index contributed by atoms with van der Waals surface area (Å²) in [4.78, 5) is 37.0. The molecule has 1 aliphatic heterocycles. The fourth-order valence-corrected chi connectivity index (χ4v) is 3.47. The number of ether oxygens (including phenoxy) is 2. The number of amides is 3. The second kappa shape index (κ2) is 9.49. The summed E-state index contributed by atoms with van der Waals surface area (Å²) in [5.41, 5.74) is 5.72. The molecule has 1 saturated heterocycles. The Morgan fingerprint density at radius 2 is 1.86 bits per heavy atom. The zero-order valence-corrected chi connectivity index (χ0v) is 16.7. The number of rotatable bonds is 8. The van der Waals surface area contributed by atoms with Crippen LogP contribution in [0.5, 0.6) is 11.5 Å². The number of hydrogen-bond acceptors (Lipinski definition) is 6. The van der Waals surface area contributed by atoms with Crippen LogP contribution < -0.4 is 15.2 Å². The van der Waals surface area contributed by atoms with Crippen LogP contribution in [0.25, 0.3) is 6.08 Å². The summed E-state index contributed by atoms with van der Waals surface area (Å²) < 4.78 is 10.8. The van der Waals surface area contributed by atoms with Gasteiger partial charge in [0.25, 0.3) is 17.1 Å². The van der Waals surface area contributed by atoms with E-state index in [0.717, 1.165) is 16.7 Å². The lowest BCUT2D eigenvalue weighted by Crippen LogP contribution is -2.32. The highest BCUT2D eigenvalue weighted by atomic mass is 35.5. The first kappa shape index (κ1) is 20.8. The Balaban J connectivity index is 1.61. The number of hydrogen-bond donors (Lipinski definition) is 1. The number of halogens is 1. The number of primary amides is 1. The lowest BCUT2D eigenvalue weighted by Gasteiger charge is -2.13. The molecular formula is C20H17ClN2O5S. The summed E-state index contributed by atoms with van der Waals surface area (Å²) in [6.45, 7) is 0.0589. The number of nitrogens with zero attached hydrogens (tertiary/aromatic N) is 1. The number of carbonyl (C=O) groups excluding carboxylic acids is 3. The largest absolute Gasteiger partial charge is 0.492 e. The number of imide groups is 1. The van der Waals surface area contributed by atoms with Gasteiger partial charge in [0.1, 0.15) is 18.1 Å². The molecule has 0 atom stereocenters. The van der Waals surface area contributed by atoms with Gasteiger partial charge in [-0.25, -0.2) is 0 Å². The molecular weight excluding hydrogens is 416 g/mol. The van der Waals surface area contributed by atoms with Gasteiger partial charge in [0.2, 0.25) is 0 Å². The Morgan fingerprint density at radius 3 is 2.59 bits per heavy atom. The lowest BCUT2D eigenvalue weighted by molar-refractivity contribution is -0.123. The van der Waals surface area contributed by atoms with Gasteiger partial charge in [0.05, 0.1) is 11.4 Å². The van der Waals surface area contributed by atoms with Gasteiger partial charge in [0, 0.05) is 5.02 Å². The van der Waals surface area contributed by atoms with Gasteiger partial charge in [-0.2, -0.15) is 0 Å². The number of thioether (sulfide) groups is 1. The molecule has 29 heavy (non-hydrogen) atoms. The standard InChI is InChI=1S/C20H17ClN2O5S/c21-14-4-6-15(7-5-14)27-9-8-23-19(25)17(29-20(23)26)11-13-2-1-3-16(10-13)28-12-18(22)24/h1-7,10-11H,8-9,12H2,(H2,22,24)/b17-11-. The van der Waals surface area contributed by atoms with E-state index in [2.05, 4.69) is 0 Å². The molecule has 1 fully saturated rings. The number of nitrogens with two attached hydrogens (primary N) is 1. The highest BCUT2D eigenvalue weighted by Gasteiger charge is 2.34. The predicted octanol–water partition coefficient (Wildman–Crippen LogP) is 3.32. The molecule has 0 aromatic heterocycles. The van der Waals surface area contributed by atoms with Gasteiger partial charge in [-0.05, 0) is 59.8 Å². The summed E-state index contributed by atoms with van der Waals surface area (Å²) in [6, 6.07) is 13.6. The fourth-order valence-electron chi connectivity index (χ4n) is 2.48. The maximum atomic E-state index is 12.6. The molecule has 9 heteroatoms. The lowest BCUT2D eigenvalue weighted by atomic mass is 10.2. The molecule has 0 saturated carbocycles. The molecule has 0 radical (unpaired) electrons.